The van der Waals surface area contributed by atoms with Crippen molar-refractivity contribution in [1.82, 2.24) is 4.37 Å². The summed E-state index contributed by atoms with van der Waals surface area (Å²) in [6.07, 6.45) is 0.467. The average molecular weight is 313 g/mol. The third-order valence-electron chi connectivity index (χ3n) is 2.65. The number of ether oxygens (including phenoxy) is 1. The van der Waals surface area contributed by atoms with Gasteiger partial charge in [-0.1, -0.05) is 0 Å². The maximum Gasteiger partial charge on any atom is 0.197 e. The second-order valence-electron chi connectivity index (χ2n) is 4.85. The molecule has 0 amide bonds. The molecular formula is C14H17F2N3OS. The predicted molar refractivity (Wildman–Crippen MR) is 80.8 cm³/mol. The summed E-state index contributed by atoms with van der Waals surface area (Å²) in [6.45, 7) is 4.30. The van der Waals surface area contributed by atoms with Crippen LogP contribution in [0.4, 0.5) is 19.6 Å². The van der Waals surface area contributed by atoms with Crippen LogP contribution in [0.25, 0.3) is 0 Å². The Balaban J connectivity index is 1.97. The second-order valence-corrected chi connectivity index (χ2v) is 5.62. The molecule has 0 atom stereocenters. The molecule has 0 spiro atoms. The van der Waals surface area contributed by atoms with E-state index >= 15 is 0 Å². The lowest BCUT2D eigenvalue weighted by molar-refractivity contribution is 0.245. The van der Waals surface area contributed by atoms with Crippen molar-refractivity contribution in [3.63, 3.8) is 0 Å². The van der Waals surface area contributed by atoms with Crippen LogP contribution >= 0.6 is 11.5 Å². The first-order valence-electron chi connectivity index (χ1n) is 6.56. The molecule has 0 fully saturated rings. The van der Waals surface area contributed by atoms with Gasteiger partial charge in [0.2, 0.25) is 0 Å². The van der Waals surface area contributed by atoms with Crippen molar-refractivity contribution in [3.8, 4) is 5.75 Å². The Morgan fingerprint density at radius 1 is 1.29 bits per heavy atom. The number of nitrogens with two attached hydrogens (primary N) is 1. The summed E-state index contributed by atoms with van der Waals surface area (Å²) in [7, 11) is 0. The van der Waals surface area contributed by atoms with Gasteiger partial charge >= 0.3 is 0 Å². The zero-order valence-electron chi connectivity index (χ0n) is 11.8. The van der Waals surface area contributed by atoms with Crippen LogP contribution in [0.3, 0.4) is 0 Å². The van der Waals surface area contributed by atoms with E-state index in [0.717, 1.165) is 11.1 Å². The SMILES string of the molecule is CC(C)Oc1c(N)nsc1NCCc1cc(F)cc(F)c1. The average Bonchev–Trinajstić information content (AvgIpc) is 2.70. The van der Waals surface area contributed by atoms with E-state index in [1.165, 1.54) is 23.7 Å². The number of benzene rings is 1. The van der Waals surface area contributed by atoms with Gasteiger partial charge in [0.25, 0.3) is 0 Å². The molecule has 1 aromatic heterocycles. The molecule has 0 saturated carbocycles. The molecule has 21 heavy (non-hydrogen) atoms. The first-order valence-corrected chi connectivity index (χ1v) is 7.33. The van der Waals surface area contributed by atoms with Crippen LogP contribution in [0.5, 0.6) is 5.75 Å². The van der Waals surface area contributed by atoms with E-state index in [-0.39, 0.29) is 6.10 Å². The molecule has 1 aromatic carbocycles. The van der Waals surface area contributed by atoms with E-state index in [1.807, 2.05) is 13.8 Å². The quantitative estimate of drug-likeness (QED) is 0.857. The highest BCUT2D eigenvalue weighted by Gasteiger charge is 2.14. The molecule has 7 heteroatoms. The molecule has 0 saturated heterocycles. The topological polar surface area (TPSA) is 60.2 Å². The van der Waals surface area contributed by atoms with Crippen molar-refractivity contribution in [2.75, 3.05) is 17.6 Å². The van der Waals surface area contributed by atoms with Gasteiger partial charge in [-0.2, -0.15) is 4.37 Å². The number of nitrogens with one attached hydrogen (secondary N) is 1. The zero-order valence-corrected chi connectivity index (χ0v) is 12.6. The van der Waals surface area contributed by atoms with Crippen LogP contribution in [-0.4, -0.2) is 17.0 Å². The van der Waals surface area contributed by atoms with Crippen LogP contribution in [0.1, 0.15) is 19.4 Å². The summed E-state index contributed by atoms with van der Waals surface area (Å²) >= 11 is 1.20. The van der Waals surface area contributed by atoms with Crippen molar-refractivity contribution in [2.24, 2.45) is 0 Å². The lowest BCUT2D eigenvalue weighted by Gasteiger charge is -2.11. The van der Waals surface area contributed by atoms with Crippen molar-refractivity contribution < 1.29 is 13.5 Å². The van der Waals surface area contributed by atoms with E-state index in [4.69, 9.17) is 10.5 Å². The Kier molecular flexibility index (Phi) is 4.95. The molecule has 3 N–H and O–H groups in total. The smallest absolute Gasteiger partial charge is 0.197 e. The van der Waals surface area contributed by atoms with Crippen LogP contribution < -0.4 is 15.8 Å². The Morgan fingerprint density at radius 2 is 1.95 bits per heavy atom. The minimum absolute atomic E-state index is 0.0124. The van der Waals surface area contributed by atoms with Gasteiger partial charge in [-0.05, 0) is 49.5 Å². The molecule has 2 rings (SSSR count). The summed E-state index contributed by atoms with van der Waals surface area (Å²) in [4.78, 5) is 0. The van der Waals surface area contributed by atoms with Crippen LogP contribution in [0.2, 0.25) is 0 Å². The van der Waals surface area contributed by atoms with E-state index in [9.17, 15) is 8.78 Å². The Bertz CT molecular complexity index is 596. The van der Waals surface area contributed by atoms with Gasteiger partial charge in [-0.25, -0.2) is 8.78 Å². The summed E-state index contributed by atoms with van der Waals surface area (Å²) in [5, 5.41) is 3.85. The van der Waals surface area contributed by atoms with Gasteiger partial charge in [-0.3, -0.25) is 0 Å². The third kappa shape index (κ3) is 4.29. The highest BCUT2D eigenvalue weighted by molar-refractivity contribution is 7.11. The van der Waals surface area contributed by atoms with Gasteiger partial charge in [0, 0.05) is 12.6 Å². The third-order valence-corrected chi connectivity index (χ3v) is 3.45. The monoisotopic (exact) mass is 313 g/mol. The molecule has 0 unspecified atom stereocenters. The molecule has 2 aromatic rings. The van der Waals surface area contributed by atoms with Crippen LogP contribution in [0.15, 0.2) is 18.2 Å². The fraction of sp³-hybridized carbons (Fsp3) is 0.357. The molecule has 114 valence electrons. The number of halogens is 2. The van der Waals surface area contributed by atoms with Gasteiger partial charge in [0.05, 0.1) is 6.10 Å². The largest absolute Gasteiger partial charge is 0.484 e. The highest BCUT2D eigenvalue weighted by Crippen LogP contribution is 2.35. The zero-order chi connectivity index (χ0) is 15.4. The fourth-order valence-corrected chi connectivity index (χ4v) is 2.51. The maximum absolute atomic E-state index is 13.1. The number of nitrogen functional groups attached to an aromatic ring is 1. The summed E-state index contributed by atoms with van der Waals surface area (Å²) in [6, 6.07) is 3.49. The molecule has 0 aliphatic heterocycles. The molecule has 0 aliphatic carbocycles. The van der Waals surface area contributed by atoms with Crippen LogP contribution in [0, 0.1) is 11.6 Å². The number of nitrogens with zero attached hydrogens (tertiary/aromatic N) is 1. The molecule has 0 aliphatic rings. The lowest BCUT2D eigenvalue weighted by Crippen LogP contribution is -2.10. The van der Waals surface area contributed by atoms with E-state index in [2.05, 4.69) is 9.69 Å². The second kappa shape index (κ2) is 6.71. The normalized spacial score (nSPS) is 10.9. The Hall–Kier alpha value is -1.89. The maximum atomic E-state index is 13.1. The van der Waals surface area contributed by atoms with Gasteiger partial charge in [-0.15, -0.1) is 0 Å². The highest BCUT2D eigenvalue weighted by atomic mass is 32.1. The molecular weight excluding hydrogens is 296 g/mol. The van der Waals surface area contributed by atoms with Gasteiger partial charge in [0.1, 0.15) is 11.6 Å². The minimum Gasteiger partial charge on any atom is -0.484 e. The number of hydrogen-bond acceptors (Lipinski definition) is 5. The molecule has 1 heterocycles. The first-order chi connectivity index (χ1) is 9.95. The van der Waals surface area contributed by atoms with E-state index < -0.39 is 11.6 Å². The van der Waals surface area contributed by atoms with E-state index in [0.29, 0.717) is 30.1 Å². The van der Waals surface area contributed by atoms with Crippen molar-refractivity contribution >= 4 is 22.4 Å². The van der Waals surface area contributed by atoms with Crippen LogP contribution in [-0.2, 0) is 6.42 Å². The van der Waals surface area contributed by atoms with Crippen molar-refractivity contribution in [1.29, 1.82) is 0 Å². The fourth-order valence-electron chi connectivity index (χ4n) is 1.83. The number of rotatable bonds is 6. The summed E-state index contributed by atoms with van der Waals surface area (Å²) in [5.41, 5.74) is 6.33. The summed E-state index contributed by atoms with van der Waals surface area (Å²) < 4.78 is 35.8. The number of hydrogen-bond donors (Lipinski definition) is 2. The van der Waals surface area contributed by atoms with Crippen molar-refractivity contribution in [2.45, 2.75) is 26.4 Å². The molecule has 4 nitrogen and oxygen atoms in total. The molecule has 0 bridgehead atoms. The number of anilines is 2. The molecule has 0 radical (unpaired) electrons. The summed E-state index contributed by atoms with van der Waals surface area (Å²) in [5.74, 6) is -0.278. The predicted octanol–water partition coefficient (Wildman–Crippen LogP) is 3.45. The standard InChI is InChI=1S/C14H17F2N3OS/c1-8(2)20-12-13(17)19-21-14(12)18-4-3-9-5-10(15)7-11(16)6-9/h5-8,18H,3-4H2,1-2H3,(H2,17,19). The van der Waals surface area contributed by atoms with Gasteiger partial charge < -0.3 is 15.8 Å². The lowest BCUT2D eigenvalue weighted by atomic mass is 10.1. The first kappa shape index (κ1) is 15.5. The van der Waals surface area contributed by atoms with Crippen molar-refractivity contribution in [3.05, 3.63) is 35.4 Å². The Labute approximate surface area is 126 Å². The van der Waals surface area contributed by atoms with Gasteiger partial charge in [0.15, 0.2) is 16.6 Å². The minimum atomic E-state index is -0.573. The van der Waals surface area contributed by atoms with E-state index in [1.54, 1.807) is 0 Å². The Morgan fingerprint density at radius 3 is 2.57 bits per heavy atom. The number of aromatic nitrogens is 1.